The summed E-state index contributed by atoms with van der Waals surface area (Å²) in [5.41, 5.74) is 5.72. The van der Waals surface area contributed by atoms with Crippen molar-refractivity contribution in [2.24, 2.45) is 0 Å². The molecule has 3 aromatic carbocycles. The van der Waals surface area contributed by atoms with Gasteiger partial charge in [-0.3, -0.25) is 15.0 Å². The van der Waals surface area contributed by atoms with Crippen molar-refractivity contribution >= 4 is 16.8 Å². The van der Waals surface area contributed by atoms with Gasteiger partial charge in [0.2, 0.25) is 5.91 Å². The maximum atomic E-state index is 13.1. The number of nitrogens with zero attached hydrogens (tertiary/aromatic N) is 2. The van der Waals surface area contributed by atoms with Crippen LogP contribution in [-0.2, 0) is 11.2 Å². The van der Waals surface area contributed by atoms with E-state index in [4.69, 9.17) is 0 Å². The third-order valence-corrected chi connectivity index (χ3v) is 4.50. The summed E-state index contributed by atoms with van der Waals surface area (Å²) in [7, 11) is 0. The molecule has 1 amide bonds. The normalized spacial score (nSPS) is 10.8. The smallest absolute Gasteiger partial charge is 0.273 e. The Labute approximate surface area is 162 Å². The van der Waals surface area contributed by atoms with Crippen LogP contribution in [0.1, 0.15) is 11.1 Å². The molecule has 4 rings (SSSR count). The van der Waals surface area contributed by atoms with Gasteiger partial charge in [-0.2, -0.15) is 4.68 Å². The third kappa shape index (κ3) is 3.55. The van der Waals surface area contributed by atoms with E-state index < -0.39 is 0 Å². The Balaban J connectivity index is 1.81. The average molecular weight is 369 g/mol. The van der Waals surface area contributed by atoms with Gasteiger partial charge in [0.15, 0.2) is 5.82 Å². The molecule has 0 spiro atoms. The summed E-state index contributed by atoms with van der Waals surface area (Å²) in [6.07, 6.45) is 0.174. The molecule has 1 N–H and O–H groups in total. The van der Waals surface area contributed by atoms with Crippen molar-refractivity contribution in [1.82, 2.24) is 9.66 Å². The van der Waals surface area contributed by atoms with E-state index in [2.05, 4.69) is 10.4 Å². The topological polar surface area (TPSA) is 64.0 Å². The number of fused-ring (bicyclic) bond motifs is 1. The Bertz CT molecular complexity index is 1210. The molecule has 1 aromatic heterocycles. The van der Waals surface area contributed by atoms with Gasteiger partial charge in [0.05, 0.1) is 17.3 Å². The van der Waals surface area contributed by atoms with Gasteiger partial charge in [0.1, 0.15) is 0 Å². The monoisotopic (exact) mass is 369 g/mol. The lowest BCUT2D eigenvalue weighted by molar-refractivity contribution is -0.116. The molecule has 1 heterocycles. The summed E-state index contributed by atoms with van der Waals surface area (Å²) in [6.45, 7) is 1.97. The van der Waals surface area contributed by atoms with Crippen LogP contribution < -0.4 is 11.0 Å². The van der Waals surface area contributed by atoms with Crippen LogP contribution >= 0.6 is 0 Å². The summed E-state index contributed by atoms with van der Waals surface area (Å²) in [5, 5.41) is 0.457. The molecule has 5 nitrogen and oxygen atoms in total. The number of nitrogens with one attached hydrogen (secondary N) is 1. The Hall–Kier alpha value is -3.73. The first kappa shape index (κ1) is 17.7. The van der Waals surface area contributed by atoms with E-state index in [0.717, 1.165) is 16.7 Å². The molecule has 4 aromatic rings. The minimum absolute atomic E-state index is 0.174. The minimum atomic E-state index is -0.302. The maximum Gasteiger partial charge on any atom is 0.280 e. The molecular weight excluding hydrogens is 350 g/mol. The van der Waals surface area contributed by atoms with Crippen molar-refractivity contribution in [3.8, 4) is 11.4 Å². The lowest BCUT2D eigenvalue weighted by Crippen LogP contribution is -2.35. The standard InChI is InChI=1S/C23H19N3O2/c1-16-8-7-11-18(14-16)22-24-20-13-6-5-12-19(20)23(28)26(22)25-21(27)15-17-9-3-2-4-10-17/h2-14H,15H2,1H3,(H,25,27). The largest absolute Gasteiger partial charge is 0.280 e. The van der Waals surface area contributed by atoms with E-state index >= 15 is 0 Å². The van der Waals surface area contributed by atoms with Gasteiger partial charge in [-0.05, 0) is 30.7 Å². The fourth-order valence-electron chi connectivity index (χ4n) is 3.16. The Kier molecular flexibility index (Phi) is 4.72. The van der Waals surface area contributed by atoms with Crippen LogP contribution in [0.15, 0.2) is 83.7 Å². The summed E-state index contributed by atoms with van der Waals surface area (Å²) < 4.78 is 1.25. The van der Waals surface area contributed by atoms with Gasteiger partial charge in [-0.25, -0.2) is 4.98 Å². The fourth-order valence-corrected chi connectivity index (χ4v) is 3.16. The highest BCUT2D eigenvalue weighted by Gasteiger charge is 2.15. The van der Waals surface area contributed by atoms with E-state index in [1.807, 2.05) is 67.6 Å². The second kappa shape index (κ2) is 7.48. The highest BCUT2D eigenvalue weighted by Crippen LogP contribution is 2.19. The SMILES string of the molecule is Cc1cccc(-c2nc3ccccc3c(=O)n2NC(=O)Cc2ccccc2)c1. The number of rotatable bonds is 4. The van der Waals surface area contributed by atoms with E-state index in [1.165, 1.54) is 4.68 Å². The van der Waals surface area contributed by atoms with Crippen LogP contribution in [0.3, 0.4) is 0 Å². The predicted octanol–water partition coefficient (Wildman–Crippen LogP) is 3.68. The molecule has 0 fully saturated rings. The number of benzene rings is 3. The van der Waals surface area contributed by atoms with Gasteiger partial charge in [0.25, 0.3) is 5.56 Å². The number of hydrogen-bond acceptors (Lipinski definition) is 3. The number of para-hydroxylation sites is 1. The van der Waals surface area contributed by atoms with Crippen LogP contribution in [0.5, 0.6) is 0 Å². The summed E-state index contributed by atoms with van der Waals surface area (Å²) in [6, 6.07) is 24.2. The zero-order valence-corrected chi connectivity index (χ0v) is 15.4. The molecule has 0 saturated carbocycles. The first-order valence-corrected chi connectivity index (χ1v) is 9.04. The number of amides is 1. The Morgan fingerprint density at radius 3 is 2.50 bits per heavy atom. The summed E-state index contributed by atoms with van der Waals surface area (Å²) >= 11 is 0. The first-order valence-electron chi connectivity index (χ1n) is 9.04. The summed E-state index contributed by atoms with van der Waals surface area (Å²) in [5.74, 6) is 0.132. The van der Waals surface area contributed by atoms with E-state index in [0.29, 0.717) is 16.7 Å². The molecule has 138 valence electrons. The quantitative estimate of drug-likeness (QED) is 0.597. The van der Waals surface area contributed by atoms with Gasteiger partial charge in [-0.1, -0.05) is 66.2 Å². The van der Waals surface area contributed by atoms with Crippen LogP contribution in [-0.4, -0.2) is 15.6 Å². The van der Waals surface area contributed by atoms with Gasteiger partial charge in [-0.15, -0.1) is 0 Å². The number of carbonyl (C=O) groups excluding carboxylic acids is 1. The number of carbonyl (C=O) groups is 1. The Morgan fingerprint density at radius 1 is 0.964 bits per heavy atom. The molecule has 28 heavy (non-hydrogen) atoms. The van der Waals surface area contributed by atoms with Crippen molar-refractivity contribution in [3.63, 3.8) is 0 Å². The number of aryl methyl sites for hydroxylation is 1. The van der Waals surface area contributed by atoms with Crippen molar-refractivity contribution in [2.75, 3.05) is 5.43 Å². The zero-order valence-electron chi connectivity index (χ0n) is 15.4. The molecule has 0 unspecified atom stereocenters. The van der Waals surface area contributed by atoms with Crippen molar-refractivity contribution < 1.29 is 4.79 Å². The van der Waals surface area contributed by atoms with Crippen LogP contribution in [0.2, 0.25) is 0 Å². The molecule has 0 aliphatic heterocycles. The molecular formula is C23H19N3O2. The minimum Gasteiger partial charge on any atom is -0.273 e. The molecule has 0 aliphatic carbocycles. The average Bonchev–Trinajstić information content (AvgIpc) is 2.71. The van der Waals surface area contributed by atoms with Crippen LogP contribution in [0, 0.1) is 6.92 Å². The maximum absolute atomic E-state index is 13.1. The molecule has 0 aliphatic rings. The molecule has 0 atom stereocenters. The molecule has 0 radical (unpaired) electrons. The second-order valence-electron chi connectivity index (χ2n) is 6.66. The number of hydrogen-bond donors (Lipinski definition) is 1. The summed E-state index contributed by atoms with van der Waals surface area (Å²) in [4.78, 5) is 30.4. The number of aromatic nitrogens is 2. The van der Waals surface area contributed by atoms with E-state index in [9.17, 15) is 9.59 Å². The lowest BCUT2D eigenvalue weighted by atomic mass is 10.1. The second-order valence-corrected chi connectivity index (χ2v) is 6.66. The van der Waals surface area contributed by atoms with Gasteiger partial charge in [0, 0.05) is 5.56 Å². The highest BCUT2D eigenvalue weighted by molar-refractivity contribution is 5.87. The fraction of sp³-hybridized carbons (Fsp3) is 0.0870. The lowest BCUT2D eigenvalue weighted by Gasteiger charge is -2.15. The van der Waals surface area contributed by atoms with Crippen molar-refractivity contribution in [2.45, 2.75) is 13.3 Å². The van der Waals surface area contributed by atoms with Crippen molar-refractivity contribution in [1.29, 1.82) is 0 Å². The predicted molar refractivity (Wildman–Crippen MR) is 111 cm³/mol. The van der Waals surface area contributed by atoms with Crippen LogP contribution in [0.25, 0.3) is 22.3 Å². The van der Waals surface area contributed by atoms with Gasteiger partial charge >= 0.3 is 0 Å². The van der Waals surface area contributed by atoms with E-state index in [1.54, 1.807) is 18.2 Å². The Morgan fingerprint density at radius 2 is 1.71 bits per heavy atom. The third-order valence-electron chi connectivity index (χ3n) is 4.50. The molecule has 0 saturated heterocycles. The van der Waals surface area contributed by atoms with Crippen molar-refractivity contribution in [3.05, 3.63) is 100 Å². The molecule has 0 bridgehead atoms. The highest BCUT2D eigenvalue weighted by atomic mass is 16.2. The molecule has 5 heteroatoms. The van der Waals surface area contributed by atoms with E-state index in [-0.39, 0.29) is 17.9 Å². The first-order chi connectivity index (χ1) is 13.6. The van der Waals surface area contributed by atoms with Gasteiger partial charge < -0.3 is 0 Å². The van der Waals surface area contributed by atoms with Crippen LogP contribution in [0.4, 0.5) is 0 Å². The zero-order chi connectivity index (χ0) is 19.5.